The number of hydrogen-bond donors (Lipinski definition) is 1. The fourth-order valence-corrected chi connectivity index (χ4v) is 2.36. The first kappa shape index (κ1) is 11.9. The van der Waals surface area contributed by atoms with Crippen molar-refractivity contribution < 1.29 is 4.79 Å². The zero-order valence-corrected chi connectivity index (χ0v) is 10.8. The molecule has 2 rings (SSSR count). The molecule has 0 fully saturated rings. The second-order valence-electron chi connectivity index (χ2n) is 4.01. The van der Waals surface area contributed by atoms with E-state index in [1.54, 1.807) is 0 Å². The number of aromatic nitrogens is 1. The Morgan fingerprint density at radius 1 is 1.47 bits per heavy atom. The summed E-state index contributed by atoms with van der Waals surface area (Å²) in [5.41, 5.74) is 0.945. The second-order valence-corrected chi connectivity index (χ2v) is 4.92. The standard InChI is InChI=1S/C13H16N2OS/c1-3-10(2)14-13(16)12-11(6-9-17-12)15-7-4-5-8-15/h4-10H,3H2,1-2H3,(H,14,16). The Morgan fingerprint density at radius 3 is 2.82 bits per heavy atom. The normalized spacial score (nSPS) is 12.4. The van der Waals surface area contributed by atoms with Crippen LogP contribution in [0.25, 0.3) is 5.69 Å². The van der Waals surface area contributed by atoms with Crippen molar-refractivity contribution in [3.63, 3.8) is 0 Å². The van der Waals surface area contributed by atoms with Crippen LogP contribution in [0.3, 0.4) is 0 Å². The molecule has 0 radical (unpaired) electrons. The maximum Gasteiger partial charge on any atom is 0.263 e. The quantitative estimate of drug-likeness (QED) is 0.886. The Hall–Kier alpha value is -1.55. The van der Waals surface area contributed by atoms with Gasteiger partial charge in [-0.3, -0.25) is 4.79 Å². The van der Waals surface area contributed by atoms with Crippen LogP contribution in [-0.4, -0.2) is 16.5 Å². The zero-order valence-electron chi connectivity index (χ0n) is 10.0. The van der Waals surface area contributed by atoms with Crippen LogP contribution >= 0.6 is 11.3 Å². The molecule has 1 N–H and O–H groups in total. The number of rotatable bonds is 4. The van der Waals surface area contributed by atoms with Crippen LogP contribution in [0.4, 0.5) is 0 Å². The lowest BCUT2D eigenvalue weighted by Crippen LogP contribution is -2.31. The summed E-state index contributed by atoms with van der Waals surface area (Å²) >= 11 is 1.48. The third-order valence-corrected chi connectivity index (χ3v) is 3.63. The van der Waals surface area contributed by atoms with Crippen molar-refractivity contribution in [1.29, 1.82) is 0 Å². The lowest BCUT2D eigenvalue weighted by Gasteiger charge is -2.11. The van der Waals surface area contributed by atoms with Crippen molar-refractivity contribution in [1.82, 2.24) is 9.88 Å². The molecule has 3 nitrogen and oxygen atoms in total. The molecule has 1 unspecified atom stereocenters. The van der Waals surface area contributed by atoms with Gasteiger partial charge in [0, 0.05) is 18.4 Å². The van der Waals surface area contributed by atoms with Crippen molar-refractivity contribution >= 4 is 17.2 Å². The van der Waals surface area contributed by atoms with Crippen molar-refractivity contribution in [3.05, 3.63) is 40.8 Å². The minimum Gasteiger partial charge on any atom is -0.349 e. The van der Waals surface area contributed by atoms with Crippen molar-refractivity contribution in [2.24, 2.45) is 0 Å². The average molecular weight is 248 g/mol. The molecule has 17 heavy (non-hydrogen) atoms. The van der Waals surface area contributed by atoms with E-state index in [1.807, 2.05) is 47.5 Å². The van der Waals surface area contributed by atoms with Gasteiger partial charge in [0.15, 0.2) is 0 Å². The largest absolute Gasteiger partial charge is 0.349 e. The van der Waals surface area contributed by atoms with Crippen LogP contribution < -0.4 is 5.32 Å². The Labute approximate surface area is 105 Å². The number of thiophene rings is 1. The predicted octanol–water partition coefficient (Wildman–Crippen LogP) is 3.07. The lowest BCUT2D eigenvalue weighted by atomic mass is 10.2. The monoisotopic (exact) mass is 248 g/mol. The van der Waals surface area contributed by atoms with Crippen LogP contribution in [0.5, 0.6) is 0 Å². The van der Waals surface area contributed by atoms with E-state index < -0.39 is 0 Å². The van der Waals surface area contributed by atoms with E-state index in [0.717, 1.165) is 17.0 Å². The molecule has 2 aromatic rings. The maximum atomic E-state index is 12.1. The maximum absolute atomic E-state index is 12.1. The molecule has 0 bridgehead atoms. The van der Waals surface area contributed by atoms with Crippen LogP contribution in [0.15, 0.2) is 36.0 Å². The van der Waals surface area contributed by atoms with Crippen LogP contribution in [0.2, 0.25) is 0 Å². The van der Waals surface area contributed by atoms with Gasteiger partial charge in [0.05, 0.1) is 5.69 Å². The number of carbonyl (C=O) groups excluding carboxylic acids is 1. The molecule has 1 amide bonds. The summed E-state index contributed by atoms with van der Waals surface area (Å²) in [6, 6.07) is 6.08. The Morgan fingerprint density at radius 2 is 2.18 bits per heavy atom. The van der Waals surface area contributed by atoms with Gasteiger partial charge in [0.1, 0.15) is 4.88 Å². The van der Waals surface area contributed by atoms with E-state index in [4.69, 9.17) is 0 Å². The second kappa shape index (κ2) is 5.19. The van der Waals surface area contributed by atoms with Gasteiger partial charge < -0.3 is 9.88 Å². The summed E-state index contributed by atoms with van der Waals surface area (Å²) in [5.74, 6) is 0.0121. The Bertz CT molecular complexity index is 487. The molecule has 90 valence electrons. The highest BCUT2D eigenvalue weighted by atomic mass is 32.1. The molecular weight excluding hydrogens is 232 g/mol. The van der Waals surface area contributed by atoms with E-state index in [2.05, 4.69) is 12.2 Å². The van der Waals surface area contributed by atoms with Gasteiger partial charge in [-0.15, -0.1) is 11.3 Å². The zero-order chi connectivity index (χ0) is 12.3. The molecule has 0 saturated heterocycles. The van der Waals surface area contributed by atoms with Crippen LogP contribution in [-0.2, 0) is 0 Å². The molecular formula is C13H16N2OS. The number of amides is 1. The van der Waals surface area contributed by atoms with E-state index in [1.165, 1.54) is 11.3 Å². The molecule has 0 aliphatic heterocycles. The lowest BCUT2D eigenvalue weighted by molar-refractivity contribution is 0.0943. The third kappa shape index (κ3) is 2.58. The molecule has 2 aromatic heterocycles. The number of hydrogen-bond acceptors (Lipinski definition) is 2. The topological polar surface area (TPSA) is 34.0 Å². The van der Waals surface area contributed by atoms with Gasteiger partial charge in [0.2, 0.25) is 0 Å². The summed E-state index contributed by atoms with van der Waals surface area (Å²) in [7, 11) is 0. The van der Waals surface area contributed by atoms with E-state index in [-0.39, 0.29) is 11.9 Å². The fraction of sp³-hybridized carbons (Fsp3) is 0.308. The van der Waals surface area contributed by atoms with Gasteiger partial charge in [-0.05, 0) is 36.9 Å². The highest BCUT2D eigenvalue weighted by molar-refractivity contribution is 7.12. The first-order valence-electron chi connectivity index (χ1n) is 5.74. The van der Waals surface area contributed by atoms with Crippen LogP contribution in [0.1, 0.15) is 29.9 Å². The molecule has 0 aliphatic carbocycles. The Kier molecular flexibility index (Phi) is 3.64. The summed E-state index contributed by atoms with van der Waals surface area (Å²) in [6.45, 7) is 4.08. The smallest absolute Gasteiger partial charge is 0.263 e. The molecule has 4 heteroatoms. The van der Waals surface area contributed by atoms with Gasteiger partial charge in [0.25, 0.3) is 5.91 Å². The fourth-order valence-electron chi connectivity index (χ4n) is 1.56. The number of nitrogens with zero attached hydrogens (tertiary/aromatic N) is 1. The molecule has 2 heterocycles. The van der Waals surface area contributed by atoms with E-state index in [9.17, 15) is 4.79 Å². The van der Waals surface area contributed by atoms with Crippen molar-refractivity contribution in [2.75, 3.05) is 0 Å². The highest BCUT2D eigenvalue weighted by Crippen LogP contribution is 2.21. The molecule has 0 spiro atoms. The van der Waals surface area contributed by atoms with E-state index in [0.29, 0.717) is 0 Å². The Balaban J connectivity index is 2.22. The summed E-state index contributed by atoms with van der Waals surface area (Å²) in [6.07, 6.45) is 4.83. The predicted molar refractivity (Wildman–Crippen MR) is 70.9 cm³/mol. The summed E-state index contributed by atoms with van der Waals surface area (Å²) < 4.78 is 1.96. The van der Waals surface area contributed by atoms with E-state index >= 15 is 0 Å². The van der Waals surface area contributed by atoms with Crippen molar-refractivity contribution in [2.45, 2.75) is 26.3 Å². The van der Waals surface area contributed by atoms with Gasteiger partial charge >= 0.3 is 0 Å². The third-order valence-electron chi connectivity index (χ3n) is 2.72. The SMILES string of the molecule is CCC(C)NC(=O)c1sccc1-n1cccc1. The summed E-state index contributed by atoms with van der Waals surface area (Å²) in [5, 5.41) is 4.94. The minimum atomic E-state index is 0.0121. The minimum absolute atomic E-state index is 0.0121. The summed E-state index contributed by atoms with van der Waals surface area (Å²) in [4.78, 5) is 12.8. The van der Waals surface area contributed by atoms with Crippen LogP contribution in [0, 0.1) is 0 Å². The molecule has 0 aromatic carbocycles. The highest BCUT2D eigenvalue weighted by Gasteiger charge is 2.15. The molecule has 0 saturated carbocycles. The number of carbonyl (C=O) groups is 1. The first-order valence-corrected chi connectivity index (χ1v) is 6.62. The molecule has 1 atom stereocenters. The average Bonchev–Trinajstić information content (AvgIpc) is 2.98. The first-order chi connectivity index (χ1) is 8.22. The van der Waals surface area contributed by atoms with Gasteiger partial charge in [-0.1, -0.05) is 6.92 Å². The molecule has 0 aliphatic rings. The van der Waals surface area contributed by atoms with Gasteiger partial charge in [-0.25, -0.2) is 0 Å². The van der Waals surface area contributed by atoms with Crippen molar-refractivity contribution in [3.8, 4) is 5.69 Å². The van der Waals surface area contributed by atoms with Gasteiger partial charge in [-0.2, -0.15) is 0 Å². The number of nitrogens with one attached hydrogen (secondary N) is 1.